The largest absolute Gasteiger partial charge is 0.320 e. The van der Waals surface area contributed by atoms with Gasteiger partial charge in [0, 0.05) is 29.7 Å². The Balaban J connectivity index is 1.48. The molecule has 162 valence electrons. The summed E-state index contributed by atoms with van der Waals surface area (Å²) in [7, 11) is -3.69. The summed E-state index contributed by atoms with van der Waals surface area (Å²) in [6.07, 6.45) is 1.40. The third-order valence-corrected chi connectivity index (χ3v) is 8.07. The number of aromatic nitrogens is 2. The van der Waals surface area contributed by atoms with Crippen molar-refractivity contribution in [3.63, 3.8) is 0 Å². The van der Waals surface area contributed by atoms with Gasteiger partial charge in [-0.3, -0.25) is 4.79 Å². The number of carbonyl (C=O) groups excluding carboxylic acids is 1. The minimum Gasteiger partial charge on any atom is -0.320 e. The molecule has 1 aliphatic heterocycles. The summed E-state index contributed by atoms with van der Waals surface area (Å²) in [5, 5.41) is 11.7. The number of amides is 1. The van der Waals surface area contributed by atoms with Crippen molar-refractivity contribution in [3.05, 3.63) is 69.4 Å². The van der Waals surface area contributed by atoms with E-state index in [-0.39, 0.29) is 22.4 Å². The molecule has 1 aromatic heterocycles. The van der Waals surface area contributed by atoms with Gasteiger partial charge in [0.1, 0.15) is 10.8 Å². The minimum atomic E-state index is -3.69. The fraction of sp³-hybridized carbons (Fsp3) is 0.250. The van der Waals surface area contributed by atoms with Crippen molar-refractivity contribution in [2.45, 2.75) is 23.7 Å². The first-order valence-electron chi connectivity index (χ1n) is 9.49. The highest BCUT2D eigenvalue weighted by molar-refractivity contribution is 7.89. The number of carbonyl (C=O) groups is 1. The summed E-state index contributed by atoms with van der Waals surface area (Å²) in [4.78, 5) is 12.6. The van der Waals surface area contributed by atoms with Crippen molar-refractivity contribution in [2.24, 2.45) is 0 Å². The van der Waals surface area contributed by atoms with Crippen LogP contribution in [0.25, 0.3) is 0 Å². The molecule has 0 spiro atoms. The number of halogens is 2. The van der Waals surface area contributed by atoms with Crippen molar-refractivity contribution in [2.75, 3.05) is 18.4 Å². The number of nitrogens with zero attached hydrogens (tertiary/aromatic N) is 3. The van der Waals surface area contributed by atoms with E-state index in [2.05, 4.69) is 15.5 Å². The Hall–Kier alpha value is -2.40. The van der Waals surface area contributed by atoms with Crippen molar-refractivity contribution >= 4 is 44.6 Å². The lowest BCUT2D eigenvalue weighted by atomic mass is 10.0. The Morgan fingerprint density at radius 2 is 2.00 bits per heavy atom. The molecule has 0 radical (unpaired) electrons. The number of nitrogens with one attached hydrogen (secondary N) is 1. The van der Waals surface area contributed by atoms with E-state index in [1.54, 1.807) is 18.2 Å². The molecule has 11 heteroatoms. The monoisotopic (exact) mass is 480 g/mol. The number of hydrogen-bond donors (Lipinski definition) is 1. The molecule has 2 aromatic carbocycles. The molecule has 0 unspecified atom stereocenters. The van der Waals surface area contributed by atoms with E-state index in [4.69, 9.17) is 11.6 Å². The molecule has 1 aliphatic rings. The maximum Gasteiger partial charge on any atom is 0.286 e. The first-order valence-corrected chi connectivity index (χ1v) is 12.1. The molecule has 31 heavy (non-hydrogen) atoms. The molecule has 0 aliphatic carbocycles. The second-order valence-corrected chi connectivity index (χ2v) is 10.5. The van der Waals surface area contributed by atoms with Crippen LogP contribution in [0, 0.1) is 5.82 Å². The Morgan fingerprint density at radius 1 is 1.19 bits per heavy atom. The zero-order chi connectivity index (χ0) is 22.0. The Kier molecular flexibility index (Phi) is 6.33. The van der Waals surface area contributed by atoms with E-state index in [1.165, 1.54) is 34.6 Å². The predicted octanol–water partition coefficient (Wildman–Crippen LogP) is 4.15. The minimum absolute atomic E-state index is 0.133. The maximum atomic E-state index is 13.3. The number of sulfonamides is 1. The predicted molar refractivity (Wildman–Crippen MR) is 116 cm³/mol. The van der Waals surface area contributed by atoms with Crippen LogP contribution in [0.4, 0.5) is 10.1 Å². The summed E-state index contributed by atoms with van der Waals surface area (Å²) >= 11 is 7.07. The van der Waals surface area contributed by atoms with Crippen LogP contribution in [-0.2, 0) is 10.0 Å². The molecule has 4 rings (SSSR count). The van der Waals surface area contributed by atoms with Gasteiger partial charge in [-0.15, -0.1) is 10.2 Å². The van der Waals surface area contributed by atoms with E-state index in [9.17, 15) is 17.6 Å². The lowest BCUT2D eigenvalue weighted by Gasteiger charge is -2.30. The molecule has 1 N–H and O–H groups in total. The van der Waals surface area contributed by atoms with Crippen molar-refractivity contribution < 1.29 is 17.6 Å². The fourth-order valence-corrected chi connectivity index (χ4v) is 6.07. The zero-order valence-corrected chi connectivity index (χ0v) is 18.6. The van der Waals surface area contributed by atoms with E-state index in [0.29, 0.717) is 28.7 Å². The highest BCUT2D eigenvalue weighted by Gasteiger charge is 2.33. The quantitative estimate of drug-likeness (QED) is 0.592. The maximum absolute atomic E-state index is 13.3. The molecule has 1 saturated heterocycles. The summed E-state index contributed by atoms with van der Waals surface area (Å²) in [6, 6.07) is 11.7. The Bertz CT molecular complexity index is 1220. The Labute approximate surface area is 187 Å². The van der Waals surface area contributed by atoms with Crippen LogP contribution >= 0.6 is 22.9 Å². The van der Waals surface area contributed by atoms with Gasteiger partial charge in [0.15, 0.2) is 0 Å². The first kappa shape index (κ1) is 21.8. The van der Waals surface area contributed by atoms with Crippen LogP contribution in [-0.4, -0.2) is 41.9 Å². The van der Waals surface area contributed by atoms with Gasteiger partial charge in [0.2, 0.25) is 15.0 Å². The summed E-state index contributed by atoms with van der Waals surface area (Å²) in [6.45, 7) is 0.645. The van der Waals surface area contributed by atoms with Gasteiger partial charge in [0.05, 0.1) is 4.90 Å². The zero-order valence-electron chi connectivity index (χ0n) is 16.2. The fourth-order valence-electron chi connectivity index (χ4n) is 3.38. The van der Waals surface area contributed by atoms with E-state index < -0.39 is 21.7 Å². The molecule has 0 bridgehead atoms. The summed E-state index contributed by atoms with van der Waals surface area (Å²) in [5.74, 6) is -1.12. The lowest BCUT2D eigenvalue weighted by Crippen LogP contribution is -2.39. The molecular formula is C20H18ClFN4O3S2. The molecule has 2 heterocycles. The van der Waals surface area contributed by atoms with Crippen LogP contribution in [0.5, 0.6) is 0 Å². The summed E-state index contributed by atoms with van der Waals surface area (Å²) < 4.78 is 40.7. The van der Waals surface area contributed by atoms with E-state index in [1.807, 2.05) is 0 Å². The second-order valence-electron chi connectivity index (χ2n) is 7.07. The first-order chi connectivity index (χ1) is 14.8. The second kappa shape index (κ2) is 8.99. The molecule has 1 fully saturated rings. The number of rotatable bonds is 5. The highest BCUT2D eigenvalue weighted by Crippen LogP contribution is 2.32. The SMILES string of the molecule is O=C(Nc1cccc(F)c1)c1nnc([C@@H]2CCCN(S(=O)(=O)c3cccc(Cl)c3)C2)s1. The highest BCUT2D eigenvalue weighted by atomic mass is 35.5. The average Bonchev–Trinajstić information content (AvgIpc) is 3.24. The third-order valence-electron chi connectivity index (χ3n) is 4.88. The van der Waals surface area contributed by atoms with Crippen LogP contribution in [0.3, 0.4) is 0 Å². The van der Waals surface area contributed by atoms with Gasteiger partial charge in [-0.25, -0.2) is 12.8 Å². The van der Waals surface area contributed by atoms with Crippen LogP contribution in [0.2, 0.25) is 5.02 Å². The topological polar surface area (TPSA) is 92.3 Å². The van der Waals surface area contributed by atoms with Gasteiger partial charge in [0.25, 0.3) is 5.91 Å². The van der Waals surface area contributed by atoms with E-state index >= 15 is 0 Å². The summed E-state index contributed by atoms with van der Waals surface area (Å²) in [5.41, 5.74) is 0.318. The van der Waals surface area contributed by atoms with Crippen LogP contribution < -0.4 is 5.32 Å². The van der Waals surface area contributed by atoms with Crippen LogP contribution in [0.15, 0.2) is 53.4 Å². The normalized spacial score (nSPS) is 17.4. The smallest absolute Gasteiger partial charge is 0.286 e. The number of piperidine rings is 1. The van der Waals surface area contributed by atoms with Crippen LogP contribution in [0.1, 0.15) is 33.6 Å². The molecule has 7 nitrogen and oxygen atoms in total. The van der Waals surface area contributed by atoms with Gasteiger partial charge in [-0.2, -0.15) is 4.31 Å². The van der Waals surface area contributed by atoms with Gasteiger partial charge < -0.3 is 5.32 Å². The standard InChI is InChI=1S/C20H18ClFN4O3S2/c21-14-5-1-8-17(10-14)31(28,29)26-9-3-4-13(12-26)19-24-25-20(30-19)18(27)23-16-7-2-6-15(22)11-16/h1-2,5-8,10-11,13H,3-4,9,12H2,(H,23,27)/t13-/m1/s1. The van der Waals surface area contributed by atoms with Crippen molar-refractivity contribution in [1.29, 1.82) is 0 Å². The van der Waals surface area contributed by atoms with Gasteiger partial charge in [-0.1, -0.05) is 35.1 Å². The number of hydrogen-bond acceptors (Lipinski definition) is 6. The van der Waals surface area contributed by atoms with Crippen molar-refractivity contribution in [1.82, 2.24) is 14.5 Å². The molecule has 1 amide bonds. The van der Waals surface area contributed by atoms with E-state index in [0.717, 1.165) is 17.8 Å². The van der Waals surface area contributed by atoms with Gasteiger partial charge in [-0.05, 0) is 49.2 Å². The Morgan fingerprint density at radius 3 is 2.77 bits per heavy atom. The lowest BCUT2D eigenvalue weighted by molar-refractivity contribution is 0.102. The third kappa shape index (κ3) is 4.93. The average molecular weight is 481 g/mol. The molecular weight excluding hydrogens is 463 g/mol. The van der Waals surface area contributed by atoms with Gasteiger partial charge >= 0.3 is 0 Å². The molecule has 1 atom stereocenters. The van der Waals surface area contributed by atoms with Crippen molar-refractivity contribution in [3.8, 4) is 0 Å². The molecule has 0 saturated carbocycles. The number of benzene rings is 2. The molecule has 3 aromatic rings. The number of anilines is 1.